The van der Waals surface area contributed by atoms with Crippen molar-refractivity contribution >= 4 is 17.6 Å². The molecule has 4 N–H and O–H groups in total. The minimum Gasteiger partial charge on any atom is -0.356 e. The number of Topliss-reactive ketones (excluding diaryl/α,β-unsaturated/α-hetero) is 1. The van der Waals surface area contributed by atoms with Crippen LogP contribution in [0.15, 0.2) is 0 Å². The molecule has 102 valence electrons. The monoisotopic (exact) mass is 255 g/mol. The molecular formula is C12H21N3O3. The smallest absolute Gasteiger partial charge is 0.289 e. The first kappa shape index (κ1) is 14.6. The Labute approximate surface area is 107 Å². The summed E-state index contributed by atoms with van der Waals surface area (Å²) in [6.07, 6.45) is 3.81. The summed E-state index contributed by atoms with van der Waals surface area (Å²) in [4.78, 5) is 34.4. The van der Waals surface area contributed by atoms with Crippen LogP contribution in [-0.4, -0.2) is 36.7 Å². The Hall–Kier alpha value is -1.43. The molecule has 1 rings (SSSR count). The van der Waals surface area contributed by atoms with E-state index in [1.54, 1.807) is 0 Å². The fourth-order valence-electron chi connectivity index (χ4n) is 1.80. The van der Waals surface area contributed by atoms with Crippen LogP contribution in [-0.2, 0) is 14.4 Å². The first-order valence-corrected chi connectivity index (χ1v) is 6.45. The molecule has 1 heterocycles. The predicted octanol–water partition coefficient (Wildman–Crippen LogP) is -0.531. The summed E-state index contributed by atoms with van der Waals surface area (Å²) < 4.78 is 0. The predicted molar refractivity (Wildman–Crippen MR) is 66.7 cm³/mol. The highest BCUT2D eigenvalue weighted by Gasteiger charge is 2.21. The molecule has 0 aromatic heterocycles. The van der Waals surface area contributed by atoms with E-state index in [9.17, 15) is 14.4 Å². The van der Waals surface area contributed by atoms with Crippen LogP contribution in [0.3, 0.4) is 0 Å². The van der Waals surface area contributed by atoms with Gasteiger partial charge >= 0.3 is 0 Å². The molecule has 18 heavy (non-hydrogen) atoms. The number of hydrogen-bond acceptors (Lipinski definition) is 4. The zero-order valence-electron chi connectivity index (χ0n) is 10.5. The number of nitrogens with one attached hydrogen (secondary N) is 2. The summed E-state index contributed by atoms with van der Waals surface area (Å²) in [6, 6.07) is -0.733. The van der Waals surface area contributed by atoms with E-state index in [0.717, 1.165) is 12.8 Å². The lowest BCUT2D eigenvalue weighted by Gasteiger charge is -2.12. The van der Waals surface area contributed by atoms with Crippen LogP contribution in [0, 0.1) is 0 Å². The number of rotatable bonds is 0. The van der Waals surface area contributed by atoms with Crippen LogP contribution in [0.1, 0.15) is 38.5 Å². The topological polar surface area (TPSA) is 101 Å². The largest absolute Gasteiger partial charge is 0.356 e. The molecule has 1 aliphatic heterocycles. The summed E-state index contributed by atoms with van der Waals surface area (Å²) in [5.41, 5.74) is 5.65. The third-order valence-electron chi connectivity index (χ3n) is 2.94. The van der Waals surface area contributed by atoms with Gasteiger partial charge in [-0.05, 0) is 32.1 Å². The number of nitrogens with two attached hydrogens (primary N) is 1. The van der Waals surface area contributed by atoms with E-state index in [0.29, 0.717) is 38.8 Å². The highest BCUT2D eigenvalue weighted by Crippen LogP contribution is 2.01. The van der Waals surface area contributed by atoms with Crippen LogP contribution in [0.5, 0.6) is 0 Å². The second-order valence-electron chi connectivity index (χ2n) is 4.53. The van der Waals surface area contributed by atoms with Crippen LogP contribution < -0.4 is 16.4 Å². The van der Waals surface area contributed by atoms with Crippen molar-refractivity contribution in [2.45, 2.75) is 44.6 Å². The van der Waals surface area contributed by atoms with Crippen molar-refractivity contribution in [2.24, 2.45) is 5.73 Å². The lowest BCUT2D eigenvalue weighted by molar-refractivity contribution is -0.138. The third-order valence-corrected chi connectivity index (χ3v) is 2.94. The van der Waals surface area contributed by atoms with E-state index in [4.69, 9.17) is 5.73 Å². The fraction of sp³-hybridized carbons (Fsp3) is 0.750. The van der Waals surface area contributed by atoms with Gasteiger partial charge in [-0.3, -0.25) is 14.4 Å². The molecule has 1 fully saturated rings. The van der Waals surface area contributed by atoms with Gasteiger partial charge in [-0.2, -0.15) is 0 Å². The SMILES string of the molecule is NC1CCCCNC(=O)CCCCNC(=O)C1=O. The molecule has 0 aromatic rings. The van der Waals surface area contributed by atoms with E-state index < -0.39 is 17.7 Å². The highest BCUT2D eigenvalue weighted by atomic mass is 16.2. The molecule has 1 unspecified atom stereocenters. The molecule has 1 aliphatic rings. The number of carbonyl (C=O) groups is 3. The Morgan fingerprint density at radius 2 is 1.61 bits per heavy atom. The Morgan fingerprint density at radius 1 is 0.944 bits per heavy atom. The van der Waals surface area contributed by atoms with Crippen LogP contribution in [0.4, 0.5) is 0 Å². The molecule has 0 radical (unpaired) electrons. The molecule has 0 bridgehead atoms. The van der Waals surface area contributed by atoms with Crippen molar-refractivity contribution in [3.05, 3.63) is 0 Å². The van der Waals surface area contributed by atoms with Crippen molar-refractivity contribution in [3.63, 3.8) is 0 Å². The standard InChI is InChI=1S/C12H21N3O3/c13-9-5-1-3-7-14-10(16)6-2-4-8-15-12(18)11(9)17/h9H,1-8,13H2,(H,14,16)(H,15,18). The van der Waals surface area contributed by atoms with Crippen molar-refractivity contribution in [1.82, 2.24) is 10.6 Å². The van der Waals surface area contributed by atoms with Gasteiger partial charge in [-0.15, -0.1) is 0 Å². The second-order valence-corrected chi connectivity index (χ2v) is 4.53. The van der Waals surface area contributed by atoms with Gasteiger partial charge in [0, 0.05) is 19.5 Å². The Bertz CT molecular complexity index is 318. The highest BCUT2D eigenvalue weighted by molar-refractivity contribution is 6.38. The first-order chi connectivity index (χ1) is 8.61. The third kappa shape index (κ3) is 5.27. The fourth-order valence-corrected chi connectivity index (χ4v) is 1.80. The Kier molecular flexibility index (Phi) is 6.35. The van der Waals surface area contributed by atoms with Gasteiger partial charge in [0.1, 0.15) is 0 Å². The minimum absolute atomic E-state index is 0.0405. The number of amides is 2. The van der Waals surface area contributed by atoms with Crippen molar-refractivity contribution in [2.75, 3.05) is 13.1 Å². The minimum atomic E-state index is -0.733. The molecule has 6 nitrogen and oxygen atoms in total. The van der Waals surface area contributed by atoms with Crippen molar-refractivity contribution < 1.29 is 14.4 Å². The summed E-state index contributed by atoms with van der Waals surface area (Å²) in [5, 5.41) is 5.35. The van der Waals surface area contributed by atoms with Gasteiger partial charge in [-0.25, -0.2) is 0 Å². The van der Waals surface area contributed by atoms with E-state index in [-0.39, 0.29) is 5.91 Å². The molecule has 1 atom stereocenters. The molecule has 1 saturated heterocycles. The Morgan fingerprint density at radius 3 is 2.39 bits per heavy atom. The lowest BCUT2D eigenvalue weighted by atomic mass is 10.1. The van der Waals surface area contributed by atoms with E-state index in [1.807, 2.05) is 0 Å². The zero-order valence-corrected chi connectivity index (χ0v) is 10.5. The molecular weight excluding hydrogens is 234 g/mol. The van der Waals surface area contributed by atoms with Gasteiger partial charge in [-0.1, -0.05) is 0 Å². The molecule has 2 amide bonds. The summed E-state index contributed by atoms with van der Waals surface area (Å²) in [5.74, 6) is -1.11. The second kappa shape index (κ2) is 7.81. The maximum atomic E-state index is 11.6. The van der Waals surface area contributed by atoms with E-state index in [1.165, 1.54) is 0 Å². The van der Waals surface area contributed by atoms with Gasteiger partial charge in [0.25, 0.3) is 5.91 Å². The van der Waals surface area contributed by atoms with Crippen LogP contribution in [0.25, 0.3) is 0 Å². The van der Waals surface area contributed by atoms with Gasteiger partial charge < -0.3 is 16.4 Å². The van der Waals surface area contributed by atoms with Gasteiger partial charge in [0.15, 0.2) is 0 Å². The molecule has 0 saturated carbocycles. The van der Waals surface area contributed by atoms with Crippen molar-refractivity contribution in [3.8, 4) is 0 Å². The van der Waals surface area contributed by atoms with Gasteiger partial charge in [0.2, 0.25) is 11.7 Å². The average molecular weight is 255 g/mol. The quantitative estimate of drug-likeness (QED) is 0.506. The van der Waals surface area contributed by atoms with Gasteiger partial charge in [0.05, 0.1) is 6.04 Å². The normalized spacial score (nSPS) is 24.9. The van der Waals surface area contributed by atoms with E-state index >= 15 is 0 Å². The average Bonchev–Trinajstić information content (AvgIpc) is 2.35. The maximum absolute atomic E-state index is 11.6. The van der Waals surface area contributed by atoms with Crippen LogP contribution >= 0.6 is 0 Å². The number of carbonyl (C=O) groups excluding carboxylic acids is 3. The summed E-state index contributed by atoms with van der Waals surface area (Å²) in [7, 11) is 0. The summed E-state index contributed by atoms with van der Waals surface area (Å²) >= 11 is 0. The molecule has 6 heteroatoms. The first-order valence-electron chi connectivity index (χ1n) is 6.45. The maximum Gasteiger partial charge on any atom is 0.289 e. The molecule has 0 aromatic carbocycles. The van der Waals surface area contributed by atoms with Crippen LogP contribution in [0.2, 0.25) is 0 Å². The number of hydrogen-bond donors (Lipinski definition) is 3. The molecule has 0 aliphatic carbocycles. The summed E-state index contributed by atoms with van der Waals surface area (Å²) in [6.45, 7) is 1.01. The molecule has 0 spiro atoms. The van der Waals surface area contributed by atoms with Crippen molar-refractivity contribution in [1.29, 1.82) is 0 Å². The number of ketones is 1. The van der Waals surface area contributed by atoms with E-state index in [2.05, 4.69) is 10.6 Å². The zero-order chi connectivity index (χ0) is 13.4. The lowest BCUT2D eigenvalue weighted by Crippen LogP contribution is -2.43. The Balaban J connectivity index is 2.46.